The summed E-state index contributed by atoms with van der Waals surface area (Å²) in [6, 6.07) is 20.8. The average molecular weight is 258 g/mol. The molecule has 0 aliphatic carbocycles. The number of rotatable bonds is 2. The number of benzene rings is 2. The molecule has 0 aliphatic rings. The molecule has 0 saturated heterocycles. The Morgan fingerprint density at radius 2 is 0.947 bits per heavy atom. The summed E-state index contributed by atoms with van der Waals surface area (Å²) in [5, 5.41) is 0. The van der Waals surface area contributed by atoms with Crippen molar-refractivity contribution in [2.75, 3.05) is 14.2 Å². The molecule has 2 aromatic rings. The number of hydrogen-bond donors (Lipinski definition) is 0. The van der Waals surface area contributed by atoms with Crippen LogP contribution in [0.2, 0.25) is 0 Å². The van der Waals surface area contributed by atoms with Crippen LogP contribution in [0.1, 0.15) is 0 Å². The molecule has 0 amide bonds. The first-order chi connectivity index (χ1) is 9.29. The van der Waals surface area contributed by atoms with E-state index in [-0.39, 0.29) is 12.6 Å². The van der Waals surface area contributed by atoms with Crippen molar-refractivity contribution in [3.8, 4) is 11.1 Å². The summed E-state index contributed by atoms with van der Waals surface area (Å²) in [5.74, 6) is 0. The molecule has 0 fully saturated rings. The Kier molecular flexibility index (Phi) is 10.8. The standard InChI is InChI=1S/C12H10.C2H2O2.C2H6O/c1-3-7-11(8-4-1)12-9-5-2-6-10-12;3-1-2-4;1-3-2/h1-10H;1-2H;1-2H3. The predicted molar refractivity (Wildman–Crippen MR) is 76.9 cm³/mol. The largest absolute Gasteiger partial charge is 0.388 e. The Labute approximate surface area is 113 Å². The summed E-state index contributed by atoms with van der Waals surface area (Å²) in [6.07, 6.45) is 0.389. The van der Waals surface area contributed by atoms with E-state index < -0.39 is 0 Å². The molecule has 2 aromatic carbocycles. The molecule has 0 aromatic heterocycles. The summed E-state index contributed by atoms with van der Waals surface area (Å²) in [4.78, 5) is 17.6. The van der Waals surface area contributed by atoms with Gasteiger partial charge in [0.25, 0.3) is 0 Å². The van der Waals surface area contributed by atoms with Gasteiger partial charge in [-0.3, -0.25) is 9.59 Å². The average Bonchev–Trinajstić information content (AvgIpc) is 2.50. The van der Waals surface area contributed by atoms with Crippen molar-refractivity contribution in [2.45, 2.75) is 0 Å². The number of carbonyl (C=O) groups is 2. The van der Waals surface area contributed by atoms with Crippen molar-refractivity contribution in [3.63, 3.8) is 0 Å². The van der Waals surface area contributed by atoms with E-state index in [4.69, 9.17) is 9.59 Å². The van der Waals surface area contributed by atoms with Gasteiger partial charge in [0.1, 0.15) is 0 Å². The fourth-order valence-corrected chi connectivity index (χ4v) is 1.26. The van der Waals surface area contributed by atoms with E-state index in [1.807, 2.05) is 12.1 Å². The van der Waals surface area contributed by atoms with E-state index in [9.17, 15) is 0 Å². The molecule has 0 spiro atoms. The van der Waals surface area contributed by atoms with E-state index in [1.165, 1.54) is 11.1 Å². The Balaban J connectivity index is 0.000000393. The van der Waals surface area contributed by atoms with Gasteiger partial charge in [-0.2, -0.15) is 0 Å². The van der Waals surface area contributed by atoms with E-state index in [1.54, 1.807) is 14.2 Å². The smallest absolute Gasteiger partial charge is 0.182 e. The van der Waals surface area contributed by atoms with Gasteiger partial charge >= 0.3 is 0 Å². The highest BCUT2D eigenvalue weighted by Crippen LogP contribution is 2.17. The van der Waals surface area contributed by atoms with Crippen LogP contribution >= 0.6 is 0 Å². The lowest BCUT2D eigenvalue weighted by atomic mass is 10.1. The van der Waals surface area contributed by atoms with Gasteiger partial charge in [-0.1, -0.05) is 60.7 Å². The summed E-state index contributed by atoms with van der Waals surface area (Å²) < 4.78 is 4.25. The zero-order chi connectivity index (χ0) is 14.3. The SMILES string of the molecule is COC.O=CC=O.c1ccc(-c2ccccc2)cc1. The minimum Gasteiger partial charge on any atom is -0.388 e. The van der Waals surface area contributed by atoms with Gasteiger partial charge < -0.3 is 4.74 Å². The van der Waals surface area contributed by atoms with Crippen LogP contribution in [0.25, 0.3) is 11.1 Å². The molecule has 0 N–H and O–H groups in total. The van der Waals surface area contributed by atoms with Crippen molar-refractivity contribution < 1.29 is 14.3 Å². The first-order valence-corrected chi connectivity index (χ1v) is 5.69. The number of hydrogen-bond acceptors (Lipinski definition) is 3. The molecule has 0 saturated carbocycles. The van der Waals surface area contributed by atoms with Crippen LogP contribution in [0.5, 0.6) is 0 Å². The summed E-state index contributed by atoms with van der Waals surface area (Å²) >= 11 is 0. The van der Waals surface area contributed by atoms with Gasteiger partial charge in [0.15, 0.2) is 12.6 Å². The van der Waals surface area contributed by atoms with Crippen LogP contribution in [-0.4, -0.2) is 26.8 Å². The highest BCUT2D eigenvalue weighted by atomic mass is 16.4. The molecule has 3 heteroatoms. The molecule has 19 heavy (non-hydrogen) atoms. The first kappa shape index (κ1) is 16.7. The molecule has 100 valence electrons. The normalized spacial score (nSPS) is 8.11. The van der Waals surface area contributed by atoms with Crippen molar-refractivity contribution in [1.82, 2.24) is 0 Å². The van der Waals surface area contributed by atoms with Crippen molar-refractivity contribution in [1.29, 1.82) is 0 Å². The topological polar surface area (TPSA) is 43.4 Å². The number of methoxy groups -OCH3 is 1. The number of carbonyl (C=O) groups excluding carboxylic acids is 2. The van der Waals surface area contributed by atoms with Crippen LogP contribution in [0.4, 0.5) is 0 Å². The molecule has 3 nitrogen and oxygen atoms in total. The fraction of sp³-hybridized carbons (Fsp3) is 0.125. The third-order valence-corrected chi connectivity index (χ3v) is 1.94. The highest BCUT2D eigenvalue weighted by Gasteiger charge is 1.91. The lowest BCUT2D eigenvalue weighted by Crippen LogP contribution is -1.73. The second-order valence-electron chi connectivity index (χ2n) is 3.41. The van der Waals surface area contributed by atoms with Crippen LogP contribution < -0.4 is 0 Å². The van der Waals surface area contributed by atoms with Gasteiger partial charge in [0.05, 0.1) is 0 Å². The zero-order valence-electron chi connectivity index (χ0n) is 11.2. The summed E-state index contributed by atoms with van der Waals surface area (Å²) in [5.41, 5.74) is 2.55. The van der Waals surface area contributed by atoms with Crippen molar-refractivity contribution in [2.24, 2.45) is 0 Å². The van der Waals surface area contributed by atoms with E-state index >= 15 is 0 Å². The van der Waals surface area contributed by atoms with E-state index in [0.29, 0.717) is 0 Å². The monoisotopic (exact) mass is 258 g/mol. The zero-order valence-corrected chi connectivity index (χ0v) is 11.2. The Morgan fingerprint density at radius 1 is 0.684 bits per heavy atom. The van der Waals surface area contributed by atoms with Gasteiger partial charge in [-0.25, -0.2) is 0 Å². The maximum absolute atomic E-state index is 8.81. The maximum atomic E-state index is 8.81. The third-order valence-electron chi connectivity index (χ3n) is 1.94. The van der Waals surface area contributed by atoms with Crippen molar-refractivity contribution >= 4 is 12.6 Å². The summed E-state index contributed by atoms with van der Waals surface area (Å²) in [6.45, 7) is 0. The predicted octanol–water partition coefficient (Wildman–Crippen LogP) is 3.00. The molecule has 0 bridgehead atoms. The highest BCUT2D eigenvalue weighted by molar-refractivity contribution is 6.09. The van der Waals surface area contributed by atoms with Crippen molar-refractivity contribution in [3.05, 3.63) is 60.7 Å². The van der Waals surface area contributed by atoms with Crippen LogP contribution in [0.15, 0.2) is 60.7 Å². The minimum absolute atomic E-state index is 0.194. The van der Waals surface area contributed by atoms with Gasteiger partial charge in [-0.15, -0.1) is 0 Å². The summed E-state index contributed by atoms with van der Waals surface area (Å²) in [7, 11) is 3.25. The van der Waals surface area contributed by atoms with E-state index in [0.717, 1.165) is 0 Å². The molecule has 0 atom stereocenters. The van der Waals surface area contributed by atoms with Gasteiger partial charge in [0.2, 0.25) is 0 Å². The molecular weight excluding hydrogens is 240 g/mol. The molecular formula is C16H18O3. The minimum atomic E-state index is 0.194. The number of aldehydes is 2. The lowest BCUT2D eigenvalue weighted by Gasteiger charge is -1.98. The Bertz CT molecular complexity index is 395. The van der Waals surface area contributed by atoms with Crippen LogP contribution in [0, 0.1) is 0 Å². The Morgan fingerprint density at radius 3 is 1.16 bits per heavy atom. The lowest BCUT2D eigenvalue weighted by molar-refractivity contribution is -0.122. The first-order valence-electron chi connectivity index (χ1n) is 5.69. The molecule has 2 rings (SSSR count). The van der Waals surface area contributed by atoms with Gasteiger partial charge in [0, 0.05) is 14.2 Å². The second-order valence-corrected chi connectivity index (χ2v) is 3.41. The second kappa shape index (κ2) is 12.2. The fourth-order valence-electron chi connectivity index (χ4n) is 1.26. The number of ether oxygens (including phenoxy) is 1. The maximum Gasteiger partial charge on any atom is 0.182 e. The molecule has 0 heterocycles. The third kappa shape index (κ3) is 8.46. The quantitative estimate of drug-likeness (QED) is 0.614. The van der Waals surface area contributed by atoms with E-state index in [2.05, 4.69) is 53.3 Å². The molecule has 0 aliphatic heterocycles. The molecule has 0 unspecified atom stereocenters. The Hall–Kier alpha value is -2.26. The molecule has 0 radical (unpaired) electrons. The van der Waals surface area contributed by atoms with Gasteiger partial charge in [-0.05, 0) is 11.1 Å². The van der Waals surface area contributed by atoms with Crippen LogP contribution in [-0.2, 0) is 14.3 Å². The van der Waals surface area contributed by atoms with Crippen LogP contribution in [0.3, 0.4) is 0 Å².